The van der Waals surface area contributed by atoms with Crippen molar-refractivity contribution >= 4 is 6.09 Å². The van der Waals surface area contributed by atoms with E-state index in [1.54, 1.807) is 0 Å². The number of hydrogen-bond acceptors (Lipinski definition) is 2. The fourth-order valence-electron chi connectivity index (χ4n) is 2.65. The molecule has 2 aliphatic rings. The molecule has 1 spiro atoms. The highest BCUT2D eigenvalue weighted by atomic mass is 16.6. The summed E-state index contributed by atoms with van der Waals surface area (Å²) in [6, 6.07) is 0. The van der Waals surface area contributed by atoms with E-state index in [2.05, 4.69) is 12.2 Å². The number of carbonyl (C=O) groups is 1. The lowest BCUT2D eigenvalue weighted by atomic mass is 9.91. The third-order valence-corrected chi connectivity index (χ3v) is 3.72. The molecule has 80 valence electrons. The lowest BCUT2D eigenvalue weighted by Gasteiger charge is -2.24. The Kier molecular flexibility index (Phi) is 2.66. The van der Waals surface area contributed by atoms with Crippen molar-refractivity contribution in [1.29, 1.82) is 0 Å². The monoisotopic (exact) mass is 197 g/mol. The summed E-state index contributed by atoms with van der Waals surface area (Å²) in [4.78, 5) is 11.0. The molecule has 0 aromatic heterocycles. The van der Waals surface area contributed by atoms with Gasteiger partial charge in [-0.05, 0) is 25.2 Å². The maximum absolute atomic E-state index is 11.0. The number of ether oxygens (including phenoxy) is 1. The predicted octanol–water partition coefficient (Wildman–Crippen LogP) is 2.46. The maximum atomic E-state index is 11.0. The van der Waals surface area contributed by atoms with Crippen LogP contribution in [0.1, 0.15) is 45.4 Å². The van der Waals surface area contributed by atoms with Crippen molar-refractivity contribution in [2.75, 3.05) is 6.61 Å². The average molecular weight is 197 g/mol. The van der Waals surface area contributed by atoms with Crippen LogP contribution in [0.4, 0.5) is 4.79 Å². The van der Waals surface area contributed by atoms with Gasteiger partial charge < -0.3 is 10.1 Å². The van der Waals surface area contributed by atoms with E-state index < -0.39 is 0 Å². The van der Waals surface area contributed by atoms with Crippen LogP contribution in [0, 0.1) is 5.92 Å². The number of carbonyl (C=O) groups excluding carboxylic acids is 1. The SMILES string of the molecule is CCC1CCCC2(CC1)COC(=O)N2. The van der Waals surface area contributed by atoms with Gasteiger partial charge in [-0.2, -0.15) is 0 Å². The van der Waals surface area contributed by atoms with Crippen molar-refractivity contribution in [2.24, 2.45) is 5.92 Å². The minimum atomic E-state index is -0.222. The van der Waals surface area contributed by atoms with Crippen LogP contribution in [0.25, 0.3) is 0 Å². The fraction of sp³-hybridized carbons (Fsp3) is 0.909. The highest BCUT2D eigenvalue weighted by molar-refractivity contribution is 5.70. The van der Waals surface area contributed by atoms with E-state index >= 15 is 0 Å². The van der Waals surface area contributed by atoms with Crippen LogP contribution in [0.15, 0.2) is 0 Å². The molecule has 1 aliphatic heterocycles. The van der Waals surface area contributed by atoms with E-state index in [4.69, 9.17) is 4.74 Å². The van der Waals surface area contributed by atoms with Gasteiger partial charge in [-0.1, -0.05) is 26.2 Å². The minimum absolute atomic E-state index is 0.0129. The van der Waals surface area contributed by atoms with Crippen LogP contribution in [0.5, 0.6) is 0 Å². The van der Waals surface area contributed by atoms with E-state index in [0.29, 0.717) is 6.61 Å². The first-order valence-electron chi connectivity index (χ1n) is 5.69. The summed E-state index contributed by atoms with van der Waals surface area (Å²) < 4.78 is 5.02. The summed E-state index contributed by atoms with van der Waals surface area (Å²) in [5.74, 6) is 0.854. The molecule has 2 rings (SSSR count). The molecule has 14 heavy (non-hydrogen) atoms. The Hall–Kier alpha value is -0.730. The van der Waals surface area contributed by atoms with Crippen molar-refractivity contribution in [1.82, 2.24) is 5.32 Å². The maximum Gasteiger partial charge on any atom is 0.407 e. The van der Waals surface area contributed by atoms with Gasteiger partial charge in [0.05, 0.1) is 5.54 Å². The topological polar surface area (TPSA) is 38.3 Å². The Morgan fingerprint density at radius 1 is 1.50 bits per heavy atom. The Labute approximate surface area is 85.2 Å². The Morgan fingerprint density at radius 2 is 2.36 bits per heavy atom. The molecule has 1 aliphatic carbocycles. The van der Waals surface area contributed by atoms with Crippen molar-refractivity contribution in [3.63, 3.8) is 0 Å². The van der Waals surface area contributed by atoms with Gasteiger partial charge in [0.1, 0.15) is 6.61 Å². The molecule has 1 amide bonds. The van der Waals surface area contributed by atoms with Crippen molar-refractivity contribution < 1.29 is 9.53 Å². The van der Waals surface area contributed by atoms with Gasteiger partial charge >= 0.3 is 6.09 Å². The molecule has 0 radical (unpaired) electrons. The molecule has 2 atom stereocenters. The summed E-state index contributed by atoms with van der Waals surface area (Å²) in [5.41, 5.74) is -0.0129. The number of hydrogen-bond donors (Lipinski definition) is 1. The first kappa shape index (κ1) is 9.81. The van der Waals surface area contributed by atoms with Crippen LogP contribution >= 0.6 is 0 Å². The second-order valence-corrected chi connectivity index (χ2v) is 4.69. The standard InChI is InChI=1S/C11H19NO2/c1-2-9-4-3-6-11(7-5-9)8-14-10(13)12-11/h9H,2-8H2,1H3,(H,12,13). The minimum Gasteiger partial charge on any atom is -0.447 e. The second-order valence-electron chi connectivity index (χ2n) is 4.69. The predicted molar refractivity (Wildman–Crippen MR) is 54.1 cm³/mol. The number of rotatable bonds is 1. The molecule has 1 saturated heterocycles. The number of alkyl carbamates (subject to hydrolysis) is 1. The summed E-state index contributed by atoms with van der Waals surface area (Å²) in [6.07, 6.45) is 7.01. The molecule has 2 unspecified atom stereocenters. The van der Waals surface area contributed by atoms with Gasteiger partial charge in [-0.15, -0.1) is 0 Å². The highest BCUT2D eigenvalue weighted by Crippen LogP contribution is 2.34. The van der Waals surface area contributed by atoms with Crippen LogP contribution < -0.4 is 5.32 Å². The zero-order chi connectivity index (χ0) is 10.0. The Morgan fingerprint density at radius 3 is 3.00 bits per heavy atom. The van der Waals surface area contributed by atoms with Crippen molar-refractivity contribution in [2.45, 2.75) is 51.0 Å². The van der Waals surface area contributed by atoms with Gasteiger partial charge in [0.2, 0.25) is 0 Å². The van der Waals surface area contributed by atoms with Gasteiger partial charge in [0.25, 0.3) is 0 Å². The Bertz CT molecular complexity index is 229. The second kappa shape index (κ2) is 3.79. The van der Waals surface area contributed by atoms with E-state index in [-0.39, 0.29) is 11.6 Å². The lowest BCUT2D eigenvalue weighted by molar-refractivity contribution is 0.170. The number of nitrogens with one attached hydrogen (secondary N) is 1. The largest absolute Gasteiger partial charge is 0.447 e. The number of amides is 1. The lowest BCUT2D eigenvalue weighted by Crippen LogP contribution is -2.42. The van der Waals surface area contributed by atoms with Crippen LogP contribution in [0.3, 0.4) is 0 Å². The molecule has 1 saturated carbocycles. The Balaban J connectivity index is 1.97. The van der Waals surface area contributed by atoms with Gasteiger partial charge in [0.15, 0.2) is 0 Å². The highest BCUT2D eigenvalue weighted by Gasteiger charge is 2.40. The first-order valence-corrected chi connectivity index (χ1v) is 5.69. The third-order valence-electron chi connectivity index (χ3n) is 3.72. The smallest absolute Gasteiger partial charge is 0.407 e. The summed E-state index contributed by atoms with van der Waals surface area (Å²) in [6.45, 7) is 2.84. The molecule has 0 aromatic carbocycles. The molecule has 0 bridgehead atoms. The van der Waals surface area contributed by atoms with Crippen LogP contribution in [-0.2, 0) is 4.74 Å². The van der Waals surface area contributed by atoms with Crippen LogP contribution in [0.2, 0.25) is 0 Å². The van der Waals surface area contributed by atoms with Crippen molar-refractivity contribution in [3.8, 4) is 0 Å². The van der Waals surface area contributed by atoms with E-state index in [9.17, 15) is 4.79 Å². The summed E-state index contributed by atoms with van der Waals surface area (Å²) in [5, 5.41) is 2.99. The van der Waals surface area contributed by atoms with Gasteiger partial charge in [0, 0.05) is 0 Å². The molecule has 3 nitrogen and oxygen atoms in total. The van der Waals surface area contributed by atoms with Crippen LogP contribution in [-0.4, -0.2) is 18.2 Å². The van der Waals surface area contributed by atoms with Gasteiger partial charge in [-0.3, -0.25) is 0 Å². The number of cyclic esters (lactones) is 1. The molecular formula is C11H19NO2. The van der Waals surface area contributed by atoms with E-state index in [0.717, 1.165) is 18.8 Å². The molecular weight excluding hydrogens is 178 g/mol. The van der Waals surface area contributed by atoms with E-state index in [1.165, 1.54) is 25.7 Å². The van der Waals surface area contributed by atoms with Crippen molar-refractivity contribution in [3.05, 3.63) is 0 Å². The molecule has 0 aromatic rings. The quantitative estimate of drug-likeness (QED) is 0.701. The van der Waals surface area contributed by atoms with Gasteiger partial charge in [-0.25, -0.2) is 4.79 Å². The molecule has 1 heterocycles. The fourth-order valence-corrected chi connectivity index (χ4v) is 2.65. The third kappa shape index (κ3) is 1.86. The summed E-state index contributed by atoms with van der Waals surface area (Å²) in [7, 11) is 0. The average Bonchev–Trinajstić information content (AvgIpc) is 2.44. The zero-order valence-electron chi connectivity index (χ0n) is 8.84. The molecule has 3 heteroatoms. The molecule has 2 fully saturated rings. The zero-order valence-corrected chi connectivity index (χ0v) is 8.84. The molecule has 1 N–H and O–H groups in total. The first-order chi connectivity index (χ1) is 6.74. The van der Waals surface area contributed by atoms with E-state index in [1.807, 2.05) is 0 Å². The normalized spacial score (nSPS) is 37.8. The summed E-state index contributed by atoms with van der Waals surface area (Å²) >= 11 is 0.